The van der Waals surface area contributed by atoms with E-state index < -0.39 is 0 Å². The van der Waals surface area contributed by atoms with Gasteiger partial charge >= 0.3 is 0 Å². The van der Waals surface area contributed by atoms with E-state index >= 15 is 0 Å². The van der Waals surface area contributed by atoms with Gasteiger partial charge in [0.15, 0.2) is 6.61 Å². The number of aryl methyl sites for hydroxylation is 1. The van der Waals surface area contributed by atoms with Crippen LogP contribution in [0, 0.1) is 5.82 Å². The minimum Gasteiger partial charge on any atom is -0.497 e. The Kier molecular flexibility index (Phi) is 5.47. The van der Waals surface area contributed by atoms with Crippen molar-refractivity contribution in [3.05, 3.63) is 65.7 Å². The highest BCUT2D eigenvalue weighted by Crippen LogP contribution is 2.27. The molecule has 30 heavy (non-hydrogen) atoms. The summed E-state index contributed by atoms with van der Waals surface area (Å²) < 4.78 is 26.3. The van der Waals surface area contributed by atoms with E-state index in [0.29, 0.717) is 23.9 Å². The quantitative estimate of drug-likeness (QED) is 0.508. The largest absolute Gasteiger partial charge is 0.497 e. The van der Waals surface area contributed by atoms with Gasteiger partial charge in [0.25, 0.3) is 11.8 Å². The summed E-state index contributed by atoms with van der Waals surface area (Å²) in [5.74, 6) is 1.10. The molecule has 154 valence electrons. The molecule has 0 aliphatic rings. The van der Waals surface area contributed by atoms with E-state index in [2.05, 4.69) is 15.5 Å². The number of hydrogen-bond donors (Lipinski definition) is 1. The Labute approximate surface area is 172 Å². The second-order valence-electron chi connectivity index (χ2n) is 6.76. The number of benzene rings is 2. The summed E-state index contributed by atoms with van der Waals surface area (Å²) in [5, 5.41) is 11.9. The standard InChI is InChI=1S/C22H21FN4O3/c1-3-20-25-26-22(19-11-15-10-16(23)6-9-18(15)27(19)20)30-13-21(28)24-12-14-4-7-17(29-2)8-5-14/h4-11H,3,12-13H2,1-2H3,(H,24,28). The molecule has 0 aliphatic carbocycles. The van der Waals surface area contributed by atoms with E-state index in [-0.39, 0.29) is 24.2 Å². The van der Waals surface area contributed by atoms with Crippen molar-refractivity contribution in [1.29, 1.82) is 0 Å². The van der Waals surface area contributed by atoms with Crippen LogP contribution in [-0.4, -0.2) is 34.2 Å². The highest BCUT2D eigenvalue weighted by molar-refractivity contribution is 5.89. The zero-order valence-electron chi connectivity index (χ0n) is 16.7. The van der Waals surface area contributed by atoms with E-state index in [1.807, 2.05) is 35.6 Å². The molecule has 2 aromatic carbocycles. The molecule has 1 amide bonds. The molecule has 8 heteroatoms. The number of carbonyl (C=O) groups excluding carboxylic acids is 1. The van der Waals surface area contributed by atoms with Gasteiger partial charge in [0, 0.05) is 18.4 Å². The number of amides is 1. The molecule has 0 radical (unpaired) electrons. The molecule has 0 saturated heterocycles. The maximum Gasteiger partial charge on any atom is 0.258 e. The lowest BCUT2D eigenvalue weighted by Gasteiger charge is -2.10. The van der Waals surface area contributed by atoms with E-state index in [1.54, 1.807) is 19.2 Å². The van der Waals surface area contributed by atoms with Gasteiger partial charge in [0.1, 0.15) is 22.9 Å². The van der Waals surface area contributed by atoms with Gasteiger partial charge in [-0.25, -0.2) is 4.39 Å². The molecule has 1 N–H and O–H groups in total. The third kappa shape index (κ3) is 3.89. The average molecular weight is 408 g/mol. The molecule has 0 aliphatic heterocycles. The van der Waals surface area contributed by atoms with Crippen LogP contribution in [0.2, 0.25) is 0 Å². The summed E-state index contributed by atoms with van der Waals surface area (Å²) in [6, 6.07) is 13.8. The molecule has 0 saturated carbocycles. The number of nitrogens with zero attached hydrogens (tertiary/aromatic N) is 3. The van der Waals surface area contributed by atoms with Crippen LogP contribution < -0.4 is 14.8 Å². The van der Waals surface area contributed by atoms with E-state index in [1.165, 1.54) is 12.1 Å². The van der Waals surface area contributed by atoms with Crippen LogP contribution in [0.4, 0.5) is 4.39 Å². The molecule has 0 atom stereocenters. The normalized spacial score (nSPS) is 11.0. The number of fused-ring (bicyclic) bond motifs is 3. The van der Waals surface area contributed by atoms with Crippen LogP contribution in [0.1, 0.15) is 18.3 Å². The maximum atomic E-state index is 13.6. The van der Waals surface area contributed by atoms with E-state index in [4.69, 9.17) is 9.47 Å². The molecule has 2 aromatic heterocycles. The fourth-order valence-electron chi connectivity index (χ4n) is 3.28. The Morgan fingerprint density at radius 2 is 1.90 bits per heavy atom. The number of rotatable bonds is 7. The molecule has 4 rings (SSSR count). The second kappa shape index (κ2) is 8.36. The molecule has 0 unspecified atom stereocenters. The lowest BCUT2D eigenvalue weighted by Crippen LogP contribution is -2.28. The van der Waals surface area contributed by atoms with Crippen molar-refractivity contribution < 1.29 is 18.7 Å². The minimum atomic E-state index is -0.322. The summed E-state index contributed by atoms with van der Waals surface area (Å²) >= 11 is 0. The van der Waals surface area contributed by atoms with Crippen molar-refractivity contribution >= 4 is 22.3 Å². The summed E-state index contributed by atoms with van der Waals surface area (Å²) in [6.45, 7) is 2.13. The van der Waals surface area contributed by atoms with Crippen LogP contribution in [-0.2, 0) is 17.8 Å². The van der Waals surface area contributed by atoms with Gasteiger partial charge in [0.05, 0.1) is 12.6 Å². The third-order valence-electron chi connectivity index (χ3n) is 4.80. The number of carbonyl (C=O) groups is 1. The SMILES string of the molecule is CCc1nnc(OCC(=O)NCc2ccc(OC)cc2)c2cc3cc(F)ccc3n12. The Hall–Kier alpha value is -3.68. The van der Waals surface area contributed by atoms with Crippen LogP contribution in [0.3, 0.4) is 0 Å². The van der Waals surface area contributed by atoms with Crippen molar-refractivity contribution in [1.82, 2.24) is 19.9 Å². The van der Waals surface area contributed by atoms with Gasteiger partial charge in [-0.05, 0) is 42.0 Å². The monoisotopic (exact) mass is 408 g/mol. The number of ether oxygens (including phenoxy) is 2. The van der Waals surface area contributed by atoms with Crippen molar-refractivity contribution in [3.63, 3.8) is 0 Å². The lowest BCUT2D eigenvalue weighted by molar-refractivity contribution is -0.123. The molecule has 7 nitrogen and oxygen atoms in total. The maximum absolute atomic E-state index is 13.6. The highest BCUT2D eigenvalue weighted by atomic mass is 19.1. The van der Waals surface area contributed by atoms with Gasteiger partial charge in [0.2, 0.25) is 0 Å². The zero-order valence-corrected chi connectivity index (χ0v) is 16.7. The van der Waals surface area contributed by atoms with Crippen LogP contribution in [0.15, 0.2) is 48.5 Å². The van der Waals surface area contributed by atoms with Gasteiger partial charge in [-0.3, -0.25) is 9.20 Å². The predicted molar refractivity (Wildman–Crippen MR) is 110 cm³/mol. The first-order valence-corrected chi connectivity index (χ1v) is 9.57. The summed E-state index contributed by atoms with van der Waals surface area (Å²) in [6.07, 6.45) is 0.646. The van der Waals surface area contributed by atoms with Gasteiger partial charge in [-0.2, -0.15) is 0 Å². The van der Waals surface area contributed by atoms with Crippen LogP contribution in [0.25, 0.3) is 16.4 Å². The average Bonchev–Trinajstić information content (AvgIpc) is 3.15. The molecule has 4 aromatic rings. The molecular formula is C22H21FN4O3. The first-order chi connectivity index (χ1) is 14.6. The number of nitrogens with one attached hydrogen (secondary N) is 1. The van der Waals surface area contributed by atoms with Crippen LogP contribution >= 0.6 is 0 Å². The zero-order chi connectivity index (χ0) is 21.1. The second-order valence-corrected chi connectivity index (χ2v) is 6.76. The molecule has 0 bridgehead atoms. The Morgan fingerprint density at radius 1 is 1.10 bits per heavy atom. The number of aromatic nitrogens is 3. The van der Waals surface area contributed by atoms with Gasteiger partial charge in [-0.15, -0.1) is 10.2 Å². The lowest BCUT2D eigenvalue weighted by atomic mass is 10.2. The number of halogens is 1. The predicted octanol–water partition coefficient (Wildman–Crippen LogP) is 3.29. The van der Waals surface area contributed by atoms with Crippen molar-refractivity contribution in [2.75, 3.05) is 13.7 Å². The summed E-state index contributed by atoms with van der Waals surface area (Å²) in [5.41, 5.74) is 2.40. The van der Waals surface area contributed by atoms with E-state index in [0.717, 1.165) is 22.7 Å². The fourth-order valence-corrected chi connectivity index (χ4v) is 3.28. The molecule has 0 spiro atoms. The Balaban J connectivity index is 1.49. The third-order valence-corrected chi connectivity index (χ3v) is 4.80. The molecular weight excluding hydrogens is 387 g/mol. The van der Waals surface area contributed by atoms with Gasteiger partial charge in [-0.1, -0.05) is 19.1 Å². The Morgan fingerprint density at radius 3 is 2.63 bits per heavy atom. The summed E-state index contributed by atoms with van der Waals surface area (Å²) in [4.78, 5) is 12.2. The molecule has 0 fully saturated rings. The Bertz CT molecular complexity index is 1200. The topological polar surface area (TPSA) is 77.8 Å². The first kappa shape index (κ1) is 19.6. The van der Waals surface area contributed by atoms with Crippen molar-refractivity contribution in [3.8, 4) is 11.6 Å². The van der Waals surface area contributed by atoms with Gasteiger partial charge < -0.3 is 14.8 Å². The number of methoxy groups -OCH3 is 1. The van der Waals surface area contributed by atoms with Crippen molar-refractivity contribution in [2.45, 2.75) is 19.9 Å². The first-order valence-electron chi connectivity index (χ1n) is 9.57. The minimum absolute atomic E-state index is 0.206. The fraction of sp³-hybridized carbons (Fsp3) is 0.227. The van der Waals surface area contributed by atoms with Crippen molar-refractivity contribution in [2.24, 2.45) is 0 Å². The summed E-state index contributed by atoms with van der Waals surface area (Å²) in [7, 11) is 1.60. The molecule has 2 heterocycles. The highest BCUT2D eigenvalue weighted by Gasteiger charge is 2.15. The number of hydrogen-bond acceptors (Lipinski definition) is 5. The van der Waals surface area contributed by atoms with Crippen LogP contribution in [0.5, 0.6) is 11.6 Å². The smallest absolute Gasteiger partial charge is 0.258 e. The van der Waals surface area contributed by atoms with E-state index in [9.17, 15) is 9.18 Å².